The first-order chi connectivity index (χ1) is 8.83. The van der Waals surface area contributed by atoms with Gasteiger partial charge in [0.1, 0.15) is 0 Å². The molecule has 1 atom stereocenters. The van der Waals surface area contributed by atoms with E-state index in [1.165, 1.54) is 36.1 Å². The first kappa shape index (κ1) is 13.4. The highest BCUT2D eigenvalue weighted by Gasteiger charge is 2.12. The molecule has 1 aliphatic carbocycles. The van der Waals surface area contributed by atoms with Crippen molar-refractivity contribution in [3.8, 4) is 0 Å². The summed E-state index contributed by atoms with van der Waals surface area (Å²) in [6.07, 6.45) is 5.85. The number of ether oxygens (including phenoxy) is 1. The number of rotatable bonds is 7. The van der Waals surface area contributed by atoms with Crippen LogP contribution in [0.1, 0.15) is 30.4 Å². The Hall–Kier alpha value is -1.06. The second kappa shape index (κ2) is 6.76. The number of anilines is 1. The number of aryl methyl sites for hydroxylation is 2. The van der Waals surface area contributed by atoms with Crippen LogP contribution in [0.4, 0.5) is 5.69 Å². The van der Waals surface area contributed by atoms with E-state index in [2.05, 4.69) is 23.5 Å². The van der Waals surface area contributed by atoms with Crippen molar-refractivity contribution >= 4 is 5.69 Å². The molecule has 0 radical (unpaired) electrons. The molecular weight excluding hydrogens is 224 g/mol. The van der Waals surface area contributed by atoms with Gasteiger partial charge in [-0.25, -0.2) is 0 Å². The fourth-order valence-electron chi connectivity index (χ4n) is 2.66. The molecule has 0 amide bonds. The minimum absolute atomic E-state index is 0.359. The van der Waals surface area contributed by atoms with Crippen molar-refractivity contribution in [2.75, 3.05) is 25.6 Å². The van der Waals surface area contributed by atoms with Gasteiger partial charge in [-0.05, 0) is 61.9 Å². The van der Waals surface area contributed by atoms with E-state index in [1.54, 1.807) is 7.11 Å². The lowest BCUT2D eigenvalue weighted by Crippen LogP contribution is -2.25. The van der Waals surface area contributed by atoms with Crippen molar-refractivity contribution in [3.05, 3.63) is 29.3 Å². The molecule has 3 heteroatoms. The summed E-state index contributed by atoms with van der Waals surface area (Å²) in [5.41, 5.74) is 9.82. The van der Waals surface area contributed by atoms with Crippen molar-refractivity contribution < 1.29 is 4.74 Å². The molecule has 0 aromatic heterocycles. The highest BCUT2D eigenvalue weighted by molar-refractivity contribution is 5.50. The number of nitrogens with two attached hydrogens (primary N) is 1. The summed E-state index contributed by atoms with van der Waals surface area (Å²) in [6.45, 7) is 1.48. The molecule has 0 bridgehead atoms. The van der Waals surface area contributed by atoms with Crippen LogP contribution >= 0.6 is 0 Å². The average Bonchev–Trinajstić information content (AvgIpc) is 2.83. The second-order valence-electron chi connectivity index (χ2n) is 5.06. The zero-order valence-electron chi connectivity index (χ0n) is 11.2. The number of fused-ring (bicyclic) bond motifs is 1. The lowest BCUT2D eigenvalue weighted by molar-refractivity contribution is 0.182. The maximum Gasteiger partial charge on any atom is 0.0664 e. The third kappa shape index (κ3) is 3.47. The maximum absolute atomic E-state index is 5.57. The van der Waals surface area contributed by atoms with Crippen LogP contribution in [0, 0.1) is 0 Å². The fraction of sp³-hybridized carbons (Fsp3) is 0.600. The molecule has 18 heavy (non-hydrogen) atoms. The lowest BCUT2D eigenvalue weighted by Gasteiger charge is -2.19. The van der Waals surface area contributed by atoms with Gasteiger partial charge in [-0.15, -0.1) is 0 Å². The van der Waals surface area contributed by atoms with E-state index >= 15 is 0 Å². The molecule has 3 N–H and O–H groups in total. The van der Waals surface area contributed by atoms with Gasteiger partial charge in [0.25, 0.3) is 0 Å². The maximum atomic E-state index is 5.57. The highest BCUT2D eigenvalue weighted by Crippen LogP contribution is 2.25. The van der Waals surface area contributed by atoms with E-state index in [0.29, 0.717) is 6.04 Å². The third-order valence-corrected chi connectivity index (χ3v) is 3.59. The van der Waals surface area contributed by atoms with Gasteiger partial charge in [0.05, 0.1) is 6.61 Å². The van der Waals surface area contributed by atoms with Crippen molar-refractivity contribution in [3.63, 3.8) is 0 Å². The lowest BCUT2D eigenvalue weighted by atomic mass is 10.1. The predicted octanol–water partition coefficient (Wildman–Crippen LogP) is 2.34. The van der Waals surface area contributed by atoms with Crippen LogP contribution in [-0.4, -0.2) is 26.3 Å². The van der Waals surface area contributed by atoms with Crippen LogP contribution < -0.4 is 11.1 Å². The van der Waals surface area contributed by atoms with Gasteiger partial charge in [0, 0.05) is 18.8 Å². The third-order valence-electron chi connectivity index (χ3n) is 3.59. The van der Waals surface area contributed by atoms with Crippen LogP contribution in [0.3, 0.4) is 0 Å². The Morgan fingerprint density at radius 1 is 1.33 bits per heavy atom. The van der Waals surface area contributed by atoms with E-state index in [9.17, 15) is 0 Å². The SMILES string of the molecule is COCC(CCCN)Nc1ccc2c(c1)CCC2. The van der Waals surface area contributed by atoms with E-state index in [-0.39, 0.29) is 0 Å². The van der Waals surface area contributed by atoms with Gasteiger partial charge in [0.2, 0.25) is 0 Å². The Morgan fingerprint density at radius 3 is 2.94 bits per heavy atom. The van der Waals surface area contributed by atoms with Gasteiger partial charge in [0.15, 0.2) is 0 Å². The zero-order valence-corrected chi connectivity index (χ0v) is 11.2. The Morgan fingerprint density at radius 2 is 2.17 bits per heavy atom. The molecule has 100 valence electrons. The average molecular weight is 248 g/mol. The standard InChI is InChI=1S/C15H24N2O/c1-18-11-15(6-3-9-16)17-14-8-7-12-4-2-5-13(12)10-14/h7-8,10,15,17H,2-6,9,11,16H2,1H3. The van der Waals surface area contributed by atoms with E-state index in [1.807, 2.05) is 0 Å². The van der Waals surface area contributed by atoms with Crippen molar-refractivity contribution in [2.24, 2.45) is 5.73 Å². The molecule has 0 saturated heterocycles. The number of benzene rings is 1. The smallest absolute Gasteiger partial charge is 0.0664 e. The molecule has 3 nitrogen and oxygen atoms in total. The molecule has 1 aromatic carbocycles. The monoisotopic (exact) mass is 248 g/mol. The van der Waals surface area contributed by atoms with Gasteiger partial charge in [-0.1, -0.05) is 6.07 Å². The Bertz CT molecular complexity index is 379. The van der Waals surface area contributed by atoms with Crippen LogP contribution in [0.5, 0.6) is 0 Å². The van der Waals surface area contributed by atoms with Gasteiger partial charge >= 0.3 is 0 Å². The van der Waals surface area contributed by atoms with Crippen LogP contribution in [0.2, 0.25) is 0 Å². The Kier molecular flexibility index (Phi) is 5.02. The van der Waals surface area contributed by atoms with Crippen LogP contribution in [0.25, 0.3) is 0 Å². The number of hydrogen-bond acceptors (Lipinski definition) is 3. The summed E-state index contributed by atoms with van der Waals surface area (Å²) in [5, 5.41) is 3.56. The van der Waals surface area contributed by atoms with E-state index in [4.69, 9.17) is 10.5 Å². The van der Waals surface area contributed by atoms with Crippen molar-refractivity contribution in [2.45, 2.75) is 38.1 Å². The number of hydrogen-bond donors (Lipinski definition) is 2. The van der Waals surface area contributed by atoms with E-state index in [0.717, 1.165) is 26.0 Å². The van der Waals surface area contributed by atoms with Gasteiger partial charge in [-0.2, -0.15) is 0 Å². The molecule has 0 spiro atoms. The molecule has 1 aliphatic rings. The summed E-state index contributed by atoms with van der Waals surface area (Å²) in [4.78, 5) is 0. The number of methoxy groups -OCH3 is 1. The molecule has 2 rings (SSSR count). The molecule has 0 fully saturated rings. The van der Waals surface area contributed by atoms with Gasteiger partial charge < -0.3 is 15.8 Å². The van der Waals surface area contributed by atoms with Crippen LogP contribution in [0.15, 0.2) is 18.2 Å². The molecular formula is C15H24N2O. The summed E-state index contributed by atoms with van der Waals surface area (Å²) in [6, 6.07) is 7.11. The Balaban J connectivity index is 1.97. The first-order valence-corrected chi connectivity index (χ1v) is 6.91. The minimum atomic E-state index is 0.359. The van der Waals surface area contributed by atoms with Crippen molar-refractivity contribution in [1.29, 1.82) is 0 Å². The normalized spacial score (nSPS) is 15.4. The molecule has 0 saturated carbocycles. The molecule has 1 aromatic rings. The quantitative estimate of drug-likeness (QED) is 0.778. The summed E-state index contributed by atoms with van der Waals surface area (Å²) in [7, 11) is 1.75. The summed E-state index contributed by atoms with van der Waals surface area (Å²) in [5.74, 6) is 0. The topological polar surface area (TPSA) is 47.3 Å². The van der Waals surface area contributed by atoms with E-state index < -0.39 is 0 Å². The predicted molar refractivity (Wildman–Crippen MR) is 76.0 cm³/mol. The summed E-state index contributed by atoms with van der Waals surface area (Å²) >= 11 is 0. The number of nitrogens with one attached hydrogen (secondary N) is 1. The molecule has 1 unspecified atom stereocenters. The second-order valence-corrected chi connectivity index (χ2v) is 5.06. The molecule has 0 heterocycles. The fourth-order valence-corrected chi connectivity index (χ4v) is 2.66. The molecule has 0 aliphatic heterocycles. The largest absolute Gasteiger partial charge is 0.383 e. The van der Waals surface area contributed by atoms with Crippen molar-refractivity contribution in [1.82, 2.24) is 0 Å². The zero-order chi connectivity index (χ0) is 12.8. The minimum Gasteiger partial charge on any atom is -0.383 e. The summed E-state index contributed by atoms with van der Waals surface area (Å²) < 4.78 is 5.26. The highest BCUT2D eigenvalue weighted by atomic mass is 16.5. The Labute approximate surface area is 110 Å². The first-order valence-electron chi connectivity index (χ1n) is 6.91. The van der Waals surface area contributed by atoms with Gasteiger partial charge in [-0.3, -0.25) is 0 Å². The van der Waals surface area contributed by atoms with Crippen LogP contribution in [-0.2, 0) is 17.6 Å².